The van der Waals surface area contributed by atoms with Crippen LogP contribution in [0.4, 0.5) is 0 Å². The van der Waals surface area contributed by atoms with E-state index in [1.807, 2.05) is 49.5 Å². The number of amides is 1. The van der Waals surface area contributed by atoms with Crippen molar-refractivity contribution in [3.05, 3.63) is 60.0 Å². The Morgan fingerprint density at radius 1 is 1.25 bits per heavy atom. The van der Waals surface area contributed by atoms with E-state index in [0.717, 1.165) is 28.0 Å². The molecule has 0 aliphatic heterocycles. The molecule has 1 aromatic carbocycles. The van der Waals surface area contributed by atoms with Crippen LogP contribution in [-0.4, -0.2) is 15.3 Å². The predicted octanol–water partition coefficient (Wildman–Crippen LogP) is 2.34. The zero-order chi connectivity index (χ0) is 14.1. The summed E-state index contributed by atoms with van der Waals surface area (Å²) in [6.07, 6.45) is 4.17. The van der Waals surface area contributed by atoms with Crippen molar-refractivity contribution >= 4 is 11.6 Å². The molecule has 3 aromatic rings. The number of benzene rings is 1. The number of rotatable bonds is 3. The molecule has 2 aromatic heterocycles. The Morgan fingerprint density at radius 3 is 2.90 bits per heavy atom. The highest BCUT2D eigenvalue weighted by atomic mass is 16.1. The summed E-state index contributed by atoms with van der Waals surface area (Å²) >= 11 is 0. The maximum absolute atomic E-state index is 11.0. The number of nitrogens with two attached hydrogens (primary N) is 1. The van der Waals surface area contributed by atoms with Crippen LogP contribution in [-0.2, 0) is 11.2 Å². The van der Waals surface area contributed by atoms with Crippen molar-refractivity contribution in [2.24, 2.45) is 5.73 Å². The van der Waals surface area contributed by atoms with Gasteiger partial charge in [-0.25, -0.2) is 4.98 Å². The Hall–Kier alpha value is -2.62. The first-order chi connectivity index (χ1) is 9.63. The minimum absolute atomic E-state index is 0.264. The molecule has 2 N–H and O–H groups in total. The highest BCUT2D eigenvalue weighted by Gasteiger charge is 2.04. The van der Waals surface area contributed by atoms with Gasteiger partial charge in [0.1, 0.15) is 5.65 Å². The normalized spacial score (nSPS) is 10.8. The summed E-state index contributed by atoms with van der Waals surface area (Å²) in [5, 5.41) is 0. The standard InChI is InChI=1S/C16H15N3O/c1-11-9-18-16-6-5-14(10-19(11)16)13-4-2-3-12(7-13)8-15(17)20/h2-7,9-10H,8H2,1H3,(H2,17,20). The van der Waals surface area contributed by atoms with Gasteiger partial charge in [0, 0.05) is 18.1 Å². The smallest absolute Gasteiger partial charge is 0.221 e. The molecular formula is C16H15N3O. The van der Waals surface area contributed by atoms with Gasteiger partial charge in [0.05, 0.1) is 6.42 Å². The summed E-state index contributed by atoms with van der Waals surface area (Å²) in [6, 6.07) is 11.9. The number of hydrogen-bond donors (Lipinski definition) is 1. The Kier molecular flexibility index (Phi) is 2.99. The van der Waals surface area contributed by atoms with Crippen LogP contribution in [0.3, 0.4) is 0 Å². The van der Waals surface area contributed by atoms with Crippen LogP contribution in [0.25, 0.3) is 16.8 Å². The van der Waals surface area contributed by atoms with Gasteiger partial charge in [-0.1, -0.05) is 24.3 Å². The van der Waals surface area contributed by atoms with E-state index in [0.29, 0.717) is 0 Å². The second kappa shape index (κ2) is 4.81. The highest BCUT2D eigenvalue weighted by Crippen LogP contribution is 2.22. The molecule has 0 aliphatic rings. The highest BCUT2D eigenvalue weighted by molar-refractivity contribution is 5.77. The molecule has 20 heavy (non-hydrogen) atoms. The lowest BCUT2D eigenvalue weighted by molar-refractivity contribution is -0.117. The SMILES string of the molecule is Cc1cnc2ccc(-c3cccc(CC(N)=O)c3)cn12. The Bertz CT molecular complexity index is 789. The second-order valence-corrected chi connectivity index (χ2v) is 4.89. The number of fused-ring (bicyclic) bond motifs is 1. The monoisotopic (exact) mass is 265 g/mol. The number of aromatic nitrogens is 2. The zero-order valence-electron chi connectivity index (χ0n) is 11.2. The largest absolute Gasteiger partial charge is 0.369 e. The fourth-order valence-corrected chi connectivity index (χ4v) is 2.34. The van der Waals surface area contributed by atoms with Gasteiger partial charge in [-0.05, 0) is 35.7 Å². The zero-order valence-corrected chi connectivity index (χ0v) is 11.2. The number of carbonyl (C=O) groups is 1. The maximum Gasteiger partial charge on any atom is 0.221 e. The quantitative estimate of drug-likeness (QED) is 0.790. The first-order valence-electron chi connectivity index (χ1n) is 6.45. The van der Waals surface area contributed by atoms with Crippen molar-refractivity contribution in [3.63, 3.8) is 0 Å². The van der Waals surface area contributed by atoms with Gasteiger partial charge in [-0.2, -0.15) is 0 Å². The van der Waals surface area contributed by atoms with Crippen molar-refractivity contribution < 1.29 is 4.79 Å². The lowest BCUT2D eigenvalue weighted by Gasteiger charge is -2.06. The third-order valence-corrected chi connectivity index (χ3v) is 3.33. The fourth-order valence-electron chi connectivity index (χ4n) is 2.34. The van der Waals surface area contributed by atoms with Gasteiger partial charge in [0.2, 0.25) is 5.91 Å². The Morgan fingerprint density at radius 2 is 2.10 bits per heavy atom. The van der Waals surface area contributed by atoms with Crippen LogP contribution in [0.15, 0.2) is 48.8 Å². The Labute approximate surface area is 116 Å². The van der Waals surface area contributed by atoms with E-state index in [1.54, 1.807) is 0 Å². The molecule has 0 saturated heterocycles. The van der Waals surface area contributed by atoms with Gasteiger partial charge in [0.15, 0.2) is 0 Å². The van der Waals surface area contributed by atoms with E-state index >= 15 is 0 Å². The molecule has 3 rings (SSSR count). The van der Waals surface area contributed by atoms with Gasteiger partial charge in [-0.3, -0.25) is 4.79 Å². The van der Waals surface area contributed by atoms with Gasteiger partial charge < -0.3 is 10.1 Å². The van der Waals surface area contributed by atoms with Crippen LogP contribution in [0.1, 0.15) is 11.3 Å². The van der Waals surface area contributed by atoms with E-state index in [-0.39, 0.29) is 12.3 Å². The van der Waals surface area contributed by atoms with Gasteiger partial charge in [-0.15, -0.1) is 0 Å². The summed E-state index contributed by atoms with van der Waals surface area (Å²) < 4.78 is 2.05. The van der Waals surface area contributed by atoms with Gasteiger partial charge in [0.25, 0.3) is 0 Å². The summed E-state index contributed by atoms with van der Waals surface area (Å²) in [7, 11) is 0. The molecule has 0 radical (unpaired) electrons. The number of imidazole rings is 1. The average molecular weight is 265 g/mol. The molecule has 1 amide bonds. The number of hydrogen-bond acceptors (Lipinski definition) is 2. The van der Waals surface area contributed by atoms with Crippen LogP contribution >= 0.6 is 0 Å². The molecule has 2 heterocycles. The molecule has 0 fully saturated rings. The number of pyridine rings is 1. The minimum Gasteiger partial charge on any atom is -0.369 e. The fraction of sp³-hybridized carbons (Fsp3) is 0.125. The first kappa shape index (κ1) is 12.4. The van der Waals surface area contributed by atoms with Crippen LogP contribution in [0.5, 0.6) is 0 Å². The molecule has 0 saturated carbocycles. The van der Waals surface area contributed by atoms with E-state index < -0.39 is 0 Å². The van der Waals surface area contributed by atoms with E-state index in [1.165, 1.54) is 0 Å². The third kappa shape index (κ3) is 2.28. The summed E-state index contributed by atoms with van der Waals surface area (Å²) in [5.74, 6) is -0.317. The molecular weight excluding hydrogens is 250 g/mol. The summed E-state index contributed by atoms with van der Waals surface area (Å²) in [5.41, 5.74) is 10.3. The number of nitrogens with zero attached hydrogens (tertiary/aromatic N) is 2. The number of primary amides is 1. The van der Waals surface area contributed by atoms with Crippen molar-refractivity contribution in [3.8, 4) is 11.1 Å². The lowest BCUT2D eigenvalue weighted by atomic mass is 10.0. The molecule has 0 atom stereocenters. The topological polar surface area (TPSA) is 60.4 Å². The van der Waals surface area contributed by atoms with Crippen molar-refractivity contribution in [2.45, 2.75) is 13.3 Å². The first-order valence-corrected chi connectivity index (χ1v) is 6.45. The van der Waals surface area contributed by atoms with E-state index in [9.17, 15) is 4.79 Å². The average Bonchev–Trinajstić information content (AvgIpc) is 2.80. The lowest BCUT2D eigenvalue weighted by Crippen LogP contribution is -2.13. The number of aryl methyl sites for hydroxylation is 1. The third-order valence-electron chi connectivity index (χ3n) is 3.33. The molecule has 0 bridgehead atoms. The van der Waals surface area contributed by atoms with Gasteiger partial charge >= 0.3 is 0 Å². The molecule has 4 nitrogen and oxygen atoms in total. The summed E-state index contributed by atoms with van der Waals surface area (Å²) in [6.45, 7) is 2.02. The minimum atomic E-state index is -0.317. The maximum atomic E-state index is 11.0. The molecule has 100 valence electrons. The van der Waals surface area contributed by atoms with E-state index in [4.69, 9.17) is 5.73 Å². The van der Waals surface area contributed by atoms with Crippen molar-refractivity contribution in [2.75, 3.05) is 0 Å². The van der Waals surface area contributed by atoms with Crippen LogP contribution < -0.4 is 5.73 Å². The van der Waals surface area contributed by atoms with Crippen molar-refractivity contribution in [1.29, 1.82) is 0 Å². The Balaban J connectivity index is 2.05. The molecule has 0 unspecified atom stereocenters. The van der Waals surface area contributed by atoms with Crippen molar-refractivity contribution in [1.82, 2.24) is 9.38 Å². The van der Waals surface area contributed by atoms with Crippen LogP contribution in [0.2, 0.25) is 0 Å². The molecule has 0 spiro atoms. The van der Waals surface area contributed by atoms with Crippen LogP contribution in [0, 0.1) is 6.92 Å². The second-order valence-electron chi connectivity index (χ2n) is 4.89. The molecule has 4 heteroatoms. The predicted molar refractivity (Wildman–Crippen MR) is 78.3 cm³/mol. The number of carbonyl (C=O) groups excluding carboxylic acids is 1. The van der Waals surface area contributed by atoms with E-state index in [2.05, 4.69) is 15.6 Å². The molecule has 0 aliphatic carbocycles. The summed E-state index contributed by atoms with van der Waals surface area (Å²) in [4.78, 5) is 15.3.